The first kappa shape index (κ1) is 15.1. The predicted octanol–water partition coefficient (Wildman–Crippen LogP) is 1.53. The molecule has 6 heteroatoms. The third kappa shape index (κ3) is 3.31. The van der Waals surface area contributed by atoms with Gasteiger partial charge in [0.05, 0.1) is 6.04 Å². The van der Waals surface area contributed by atoms with Gasteiger partial charge in [0.15, 0.2) is 0 Å². The molecule has 120 valence electrons. The Labute approximate surface area is 131 Å². The lowest BCUT2D eigenvalue weighted by Gasteiger charge is -2.35. The van der Waals surface area contributed by atoms with Crippen LogP contribution in [0.3, 0.4) is 0 Å². The van der Waals surface area contributed by atoms with Crippen molar-refractivity contribution in [2.75, 3.05) is 30.3 Å². The normalized spacial score (nSPS) is 23.0. The fourth-order valence-corrected chi connectivity index (χ4v) is 3.11. The molecule has 1 unspecified atom stereocenters. The summed E-state index contributed by atoms with van der Waals surface area (Å²) in [6.07, 6.45) is 4.75. The minimum absolute atomic E-state index is 0.229. The molecule has 1 aromatic heterocycles. The van der Waals surface area contributed by atoms with Gasteiger partial charge in [-0.05, 0) is 30.7 Å². The van der Waals surface area contributed by atoms with Gasteiger partial charge in [0.25, 0.3) is 0 Å². The zero-order valence-corrected chi connectivity index (χ0v) is 13.4. The van der Waals surface area contributed by atoms with Crippen molar-refractivity contribution < 1.29 is 4.79 Å². The van der Waals surface area contributed by atoms with Crippen molar-refractivity contribution in [2.24, 2.45) is 11.8 Å². The van der Waals surface area contributed by atoms with E-state index in [1.165, 1.54) is 12.8 Å². The summed E-state index contributed by atoms with van der Waals surface area (Å²) in [5.41, 5.74) is 5.70. The lowest BCUT2D eigenvalue weighted by atomic mass is 10.0. The molecule has 1 saturated heterocycles. The number of nitrogens with zero attached hydrogens (tertiary/aromatic N) is 4. The van der Waals surface area contributed by atoms with Crippen molar-refractivity contribution in [3.8, 4) is 0 Å². The molecule has 2 aliphatic rings. The van der Waals surface area contributed by atoms with E-state index in [0.29, 0.717) is 24.8 Å². The number of carbonyl (C=O) groups is 1. The molecular weight excluding hydrogens is 278 g/mol. The van der Waals surface area contributed by atoms with Gasteiger partial charge < -0.3 is 15.5 Å². The molecule has 3 rings (SSSR count). The summed E-state index contributed by atoms with van der Waals surface area (Å²) >= 11 is 0. The Morgan fingerprint density at radius 1 is 1.41 bits per heavy atom. The van der Waals surface area contributed by atoms with Crippen LogP contribution in [0, 0.1) is 11.8 Å². The molecule has 0 spiro atoms. The molecule has 2 N–H and O–H groups in total. The van der Waals surface area contributed by atoms with Crippen molar-refractivity contribution in [1.29, 1.82) is 0 Å². The van der Waals surface area contributed by atoms with Gasteiger partial charge in [-0.15, -0.1) is 0 Å². The maximum atomic E-state index is 12.6. The second-order valence-corrected chi connectivity index (χ2v) is 6.77. The minimum atomic E-state index is 0.229. The van der Waals surface area contributed by atoms with Gasteiger partial charge in [-0.25, -0.2) is 4.98 Å². The lowest BCUT2D eigenvalue weighted by molar-refractivity contribution is -0.133. The van der Waals surface area contributed by atoms with Crippen LogP contribution in [0.15, 0.2) is 12.3 Å². The number of hydrogen-bond donors (Lipinski definition) is 1. The molecule has 1 saturated carbocycles. The second kappa shape index (κ2) is 6.10. The summed E-state index contributed by atoms with van der Waals surface area (Å²) in [6.45, 7) is 6.80. The van der Waals surface area contributed by atoms with Crippen molar-refractivity contribution in [1.82, 2.24) is 14.9 Å². The van der Waals surface area contributed by atoms with Crippen molar-refractivity contribution in [3.05, 3.63) is 12.3 Å². The van der Waals surface area contributed by atoms with Crippen molar-refractivity contribution in [3.63, 3.8) is 0 Å². The van der Waals surface area contributed by atoms with Crippen molar-refractivity contribution in [2.45, 2.75) is 39.2 Å². The first-order chi connectivity index (χ1) is 10.5. The first-order valence-electron chi connectivity index (χ1n) is 8.17. The summed E-state index contributed by atoms with van der Waals surface area (Å²) in [5.74, 6) is 2.51. The van der Waals surface area contributed by atoms with Crippen molar-refractivity contribution >= 4 is 17.7 Å². The standard InChI is InChI=1S/C16H25N5O/c1-11(2)13-10-20(14-5-7-18-16(17)19-14)8-6-15(22)21(13)9-12-3-4-12/h5,7,11-13H,3-4,6,8-10H2,1-2H3,(H2,17,18,19). The molecule has 6 nitrogen and oxygen atoms in total. The molecule has 1 aromatic rings. The smallest absolute Gasteiger partial charge is 0.224 e. The van der Waals surface area contributed by atoms with E-state index in [0.717, 1.165) is 18.9 Å². The number of hydrogen-bond acceptors (Lipinski definition) is 5. The number of carbonyl (C=O) groups excluding carboxylic acids is 1. The van der Waals surface area contributed by atoms with Crippen LogP contribution >= 0.6 is 0 Å². The molecule has 22 heavy (non-hydrogen) atoms. The summed E-state index contributed by atoms with van der Waals surface area (Å²) in [5, 5.41) is 0. The van der Waals surface area contributed by atoms with Gasteiger partial charge in [-0.3, -0.25) is 4.79 Å². The van der Waals surface area contributed by atoms with Crippen LogP contribution in [0.4, 0.5) is 11.8 Å². The lowest BCUT2D eigenvalue weighted by Crippen LogP contribution is -2.47. The molecule has 1 amide bonds. The zero-order valence-electron chi connectivity index (χ0n) is 13.4. The Balaban J connectivity index is 1.82. The van der Waals surface area contributed by atoms with E-state index in [4.69, 9.17) is 5.73 Å². The monoisotopic (exact) mass is 303 g/mol. The molecule has 1 atom stereocenters. The third-order valence-electron chi connectivity index (χ3n) is 4.63. The van der Waals surface area contributed by atoms with E-state index < -0.39 is 0 Å². The summed E-state index contributed by atoms with van der Waals surface area (Å²) in [7, 11) is 0. The van der Waals surface area contributed by atoms with Crippen LogP contribution < -0.4 is 10.6 Å². The highest BCUT2D eigenvalue weighted by atomic mass is 16.2. The molecule has 0 bridgehead atoms. The van der Waals surface area contributed by atoms with E-state index >= 15 is 0 Å². The molecule has 2 fully saturated rings. The SMILES string of the molecule is CC(C)C1CN(c2ccnc(N)n2)CCC(=O)N1CC1CC1. The van der Waals surface area contributed by atoms with Gasteiger partial charge in [-0.2, -0.15) is 4.98 Å². The van der Waals surface area contributed by atoms with Gasteiger partial charge in [0.1, 0.15) is 5.82 Å². The Bertz CT molecular complexity index is 543. The van der Waals surface area contributed by atoms with Crippen LogP contribution in [0.25, 0.3) is 0 Å². The molecular formula is C16H25N5O. The topological polar surface area (TPSA) is 75.4 Å². The van der Waals surface area contributed by atoms with Crippen LogP contribution in [0.1, 0.15) is 33.1 Å². The predicted molar refractivity (Wildman–Crippen MR) is 86.3 cm³/mol. The molecule has 2 heterocycles. The highest BCUT2D eigenvalue weighted by Gasteiger charge is 2.35. The Kier molecular flexibility index (Phi) is 4.18. The Morgan fingerprint density at radius 2 is 2.18 bits per heavy atom. The van der Waals surface area contributed by atoms with E-state index in [1.807, 2.05) is 6.07 Å². The third-order valence-corrected chi connectivity index (χ3v) is 4.63. The summed E-state index contributed by atoms with van der Waals surface area (Å²) in [4.78, 5) is 25.1. The highest BCUT2D eigenvalue weighted by molar-refractivity contribution is 5.78. The van der Waals surface area contributed by atoms with Crippen LogP contribution in [0.2, 0.25) is 0 Å². The van der Waals surface area contributed by atoms with E-state index in [1.54, 1.807) is 6.20 Å². The van der Waals surface area contributed by atoms with Gasteiger partial charge >= 0.3 is 0 Å². The number of rotatable bonds is 4. The number of amides is 1. The number of nitrogen functional groups attached to an aromatic ring is 1. The minimum Gasteiger partial charge on any atom is -0.368 e. The molecule has 0 aromatic carbocycles. The average Bonchev–Trinajstić information content (AvgIpc) is 3.29. The van der Waals surface area contributed by atoms with Crippen LogP contribution in [-0.4, -0.2) is 46.5 Å². The number of anilines is 2. The van der Waals surface area contributed by atoms with Gasteiger partial charge in [-0.1, -0.05) is 13.8 Å². The fraction of sp³-hybridized carbons (Fsp3) is 0.688. The number of aromatic nitrogens is 2. The zero-order chi connectivity index (χ0) is 15.7. The summed E-state index contributed by atoms with van der Waals surface area (Å²) < 4.78 is 0. The van der Waals surface area contributed by atoms with Crippen LogP contribution in [0.5, 0.6) is 0 Å². The first-order valence-corrected chi connectivity index (χ1v) is 8.17. The van der Waals surface area contributed by atoms with E-state index in [2.05, 4.69) is 33.6 Å². The van der Waals surface area contributed by atoms with Gasteiger partial charge in [0.2, 0.25) is 11.9 Å². The average molecular weight is 303 g/mol. The Morgan fingerprint density at radius 3 is 2.82 bits per heavy atom. The largest absolute Gasteiger partial charge is 0.368 e. The second-order valence-electron chi connectivity index (χ2n) is 6.77. The van der Waals surface area contributed by atoms with Gasteiger partial charge in [0, 0.05) is 32.3 Å². The quantitative estimate of drug-likeness (QED) is 0.913. The fourth-order valence-electron chi connectivity index (χ4n) is 3.11. The molecule has 1 aliphatic heterocycles. The Hall–Kier alpha value is -1.85. The molecule has 0 radical (unpaired) electrons. The highest BCUT2D eigenvalue weighted by Crippen LogP contribution is 2.32. The maximum absolute atomic E-state index is 12.6. The van der Waals surface area contributed by atoms with Crippen LogP contribution in [-0.2, 0) is 4.79 Å². The molecule has 1 aliphatic carbocycles. The van der Waals surface area contributed by atoms with E-state index in [9.17, 15) is 4.79 Å². The maximum Gasteiger partial charge on any atom is 0.224 e. The number of nitrogens with two attached hydrogens (primary N) is 1. The van der Waals surface area contributed by atoms with E-state index in [-0.39, 0.29) is 17.9 Å². The summed E-state index contributed by atoms with van der Waals surface area (Å²) in [6, 6.07) is 2.10.